The third-order valence-corrected chi connectivity index (χ3v) is 4.88. The van der Waals surface area contributed by atoms with E-state index in [-0.39, 0.29) is 33.7 Å². The number of benzene rings is 1. The molecule has 0 aliphatic rings. The molecule has 4 rings (SSSR count). The molecule has 0 radical (unpaired) electrons. The van der Waals surface area contributed by atoms with Gasteiger partial charge in [-0.15, -0.1) is 0 Å². The van der Waals surface area contributed by atoms with Crippen molar-refractivity contribution in [2.45, 2.75) is 0 Å². The fraction of sp³-hybridized carbons (Fsp3) is 0. The number of nitrogens with zero attached hydrogens (tertiary/aromatic N) is 4. The molecule has 0 saturated carbocycles. The van der Waals surface area contributed by atoms with Crippen molar-refractivity contribution in [3.8, 4) is 17.6 Å². The molecule has 0 fully saturated rings. The monoisotopic (exact) mass is 460 g/mol. The van der Waals surface area contributed by atoms with Crippen LogP contribution in [0, 0.1) is 11.3 Å². The van der Waals surface area contributed by atoms with Gasteiger partial charge >= 0.3 is 0 Å². The van der Waals surface area contributed by atoms with Gasteiger partial charge in [-0.2, -0.15) is 5.26 Å². The van der Waals surface area contributed by atoms with E-state index in [9.17, 15) is 14.4 Å². The molecule has 3 aromatic heterocycles. The maximum absolute atomic E-state index is 13.7. The van der Waals surface area contributed by atoms with Crippen molar-refractivity contribution < 1.29 is 19.1 Å². The first kappa shape index (κ1) is 22.9. The van der Waals surface area contributed by atoms with Crippen LogP contribution in [0.4, 0.5) is 0 Å². The molecule has 0 spiro atoms. The van der Waals surface area contributed by atoms with Gasteiger partial charge in [0.1, 0.15) is 11.4 Å². The summed E-state index contributed by atoms with van der Waals surface area (Å²) in [6.45, 7) is 0. The molecule has 0 saturated heterocycles. The molecule has 168 valence electrons. The molecule has 3 heterocycles. The number of carbonyl (C=O) groups is 3. The molecule has 0 N–H and O–H groups in total. The molecule has 0 aliphatic carbocycles. The molecule has 35 heavy (non-hydrogen) atoms. The number of ether oxygens (including phenoxy) is 1. The lowest BCUT2D eigenvalue weighted by molar-refractivity contribution is 0.0988. The summed E-state index contributed by atoms with van der Waals surface area (Å²) in [5, 5.41) is 8.85. The van der Waals surface area contributed by atoms with Crippen LogP contribution in [0.15, 0.2) is 97.7 Å². The van der Waals surface area contributed by atoms with Gasteiger partial charge in [-0.3, -0.25) is 24.4 Å². The largest absolute Gasteiger partial charge is 0.455 e. The zero-order valence-corrected chi connectivity index (χ0v) is 18.2. The van der Waals surface area contributed by atoms with Crippen molar-refractivity contribution in [2.24, 2.45) is 0 Å². The van der Waals surface area contributed by atoms with E-state index in [1.54, 1.807) is 48.5 Å². The predicted molar refractivity (Wildman–Crippen MR) is 125 cm³/mol. The second-order valence-electron chi connectivity index (χ2n) is 7.10. The van der Waals surface area contributed by atoms with E-state index in [2.05, 4.69) is 15.0 Å². The van der Waals surface area contributed by atoms with E-state index >= 15 is 0 Å². The molecule has 8 heteroatoms. The zero-order chi connectivity index (χ0) is 24.6. The van der Waals surface area contributed by atoms with E-state index in [0.717, 1.165) is 12.2 Å². The van der Waals surface area contributed by atoms with Crippen LogP contribution in [0.25, 0.3) is 0 Å². The molecule has 4 aromatic rings. The van der Waals surface area contributed by atoms with E-state index in [1.807, 2.05) is 0 Å². The van der Waals surface area contributed by atoms with Crippen molar-refractivity contribution in [1.82, 2.24) is 15.0 Å². The predicted octanol–water partition coefficient (Wildman–Crippen LogP) is 4.39. The summed E-state index contributed by atoms with van der Waals surface area (Å²) in [6, 6.07) is 16.4. The number of rotatable bonds is 8. The highest BCUT2D eigenvalue weighted by Gasteiger charge is 2.30. The third-order valence-electron chi connectivity index (χ3n) is 4.88. The first-order valence-electron chi connectivity index (χ1n) is 10.4. The molecule has 1 aromatic carbocycles. The Morgan fingerprint density at radius 1 is 0.800 bits per heavy atom. The summed E-state index contributed by atoms with van der Waals surface area (Å²) in [7, 11) is 0. The van der Waals surface area contributed by atoms with Gasteiger partial charge in [-0.25, -0.2) is 4.98 Å². The Labute approximate surface area is 200 Å². The zero-order valence-electron chi connectivity index (χ0n) is 18.2. The topological polar surface area (TPSA) is 123 Å². The van der Waals surface area contributed by atoms with Crippen LogP contribution in [0.3, 0.4) is 0 Å². The van der Waals surface area contributed by atoms with Gasteiger partial charge < -0.3 is 4.74 Å². The summed E-state index contributed by atoms with van der Waals surface area (Å²) < 4.78 is 5.94. The minimum absolute atomic E-state index is 0.0109. The number of para-hydroxylation sites is 1. The summed E-state index contributed by atoms with van der Waals surface area (Å²) in [6.07, 6.45) is 8.88. The summed E-state index contributed by atoms with van der Waals surface area (Å²) in [5.41, 5.74) is -0.298. The van der Waals surface area contributed by atoms with Crippen LogP contribution in [-0.4, -0.2) is 32.3 Å². The van der Waals surface area contributed by atoms with Gasteiger partial charge in [0.15, 0.2) is 17.3 Å². The number of aromatic nitrogens is 3. The van der Waals surface area contributed by atoms with Crippen LogP contribution < -0.4 is 4.74 Å². The van der Waals surface area contributed by atoms with E-state index in [0.29, 0.717) is 5.75 Å². The number of nitriles is 1. The standard InChI is InChI=1S/C27H16N4O4/c28-12-4-9-21(32)25-24(26(33)18-10-14-29-15-11-18)23(27(34)19-6-5-13-30-16-19)22(17-31-25)35-20-7-2-1-3-8-20/h1-11,13-17H. The number of ketones is 3. The van der Waals surface area contributed by atoms with E-state index in [4.69, 9.17) is 10.00 Å². The SMILES string of the molecule is N#CC=CC(=O)c1ncc(Oc2ccccc2)c(C(=O)c2cccnc2)c1C(=O)c1ccncc1. The van der Waals surface area contributed by atoms with Crippen LogP contribution >= 0.6 is 0 Å². The highest BCUT2D eigenvalue weighted by Crippen LogP contribution is 2.32. The Bertz CT molecular complexity index is 1460. The molecule has 0 amide bonds. The van der Waals surface area contributed by atoms with Gasteiger partial charge in [-0.1, -0.05) is 18.2 Å². The number of hydrogen-bond donors (Lipinski definition) is 0. The number of carbonyl (C=O) groups excluding carboxylic acids is 3. The number of hydrogen-bond acceptors (Lipinski definition) is 8. The maximum atomic E-state index is 13.7. The van der Waals surface area contributed by atoms with Crippen molar-refractivity contribution in [1.29, 1.82) is 5.26 Å². The van der Waals surface area contributed by atoms with Crippen molar-refractivity contribution in [3.05, 3.63) is 126 Å². The Balaban J connectivity index is 2.00. The molecule has 0 unspecified atom stereocenters. The van der Waals surface area contributed by atoms with Crippen molar-refractivity contribution in [2.75, 3.05) is 0 Å². The highest BCUT2D eigenvalue weighted by atomic mass is 16.5. The third kappa shape index (κ3) is 5.05. The lowest BCUT2D eigenvalue weighted by Gasteiger charge is -2.16. The lowest BCUT2D eigenvalue weighted by atomic mass is 9.91. The number of allylic oxidation sites excluding steroid dienone is 2. The number of pyridine rings is 3. The Morgan fingerprint density at radius 2 is 1.54 bits per heavy atom. The van der Waals surface area contributed by atoms with Crippen molar-refractivity contribution in [3.63, 3.8) is 0 Å². The average Bonchev–Trinajstić information content (AvgIpc) is 2.92. The fourth-order valence-corrected chi connectivity index (χ4v) is 3.30. The van der Waals surface area contributed by atoms with Crippen LogP contribution in [0.1, 0.15) is 42.3 Å². The normalized spacial score (nSPS) is 10.5. The van der Waals surface area contributed by atoms with Gasteiger partial charge in [-0.05, 0) is 42.5 Å². The lowest BCUT2D eigenvalue weighted by Crippen LogP contribution is -2.19. The first-order valence-corrected chi connectivity index (χ1v) is 10.4. The molecular weight excluding hydrogens is 444 g/mol. The van der Waals surface area contributed by atoms with Gasteiger partial charge in [0.2, 0.25) is 5.78 Å². The minimum atomic E-state index is -0.713. The van der Waals surface area contributed by atoms with E-state index < -0.39 is 17.3 Å². The quantitative estimate of drug-likeness (QED) is 0.215. The molecule has 8 nitrogen and oxygen atoms in total. The van der Waals surface area contributed by atoms with Crippen LogP contribution in [0.2, 0.25) is 0 Å². The van der Waals surface area contributed by atoms with Gasteiger partial charge in [0, 0.05) is 42.0 Å². The molecule has 0 aliphatic heterocycles. The Hall–Kier alpha value is -5.29. The summed E-state index contributed by atoms with van der Waals surface area (Å²) >= 11 is 0. The van der Waals surface area contributed by atoms with E-state index in [1.165, 1.54) is 43.1 Å². The second kappa shape index (κ2) is 10.6. The average molecular weight is 460 g/mol. The summed E-state index contributed by atoms with van der Waals surface area (Å²) in [5.74, 6) is -1.53. The van der Waals surface area contributed by atoms with Gasteiger partial charge in [0.05, 0.1) is 23.4 Å². The molecule has 0 atom stereocenters. The maximum Gasteiger partial charge on any atom is 0.205 e. The minimum Gasteiger partial charge on any atom is -0.455 e. The van der Waals surface area contributed by atoms with Crippen molar-refractivity contribution >= 4 is 17.3 Å². The van der Waals surface area contributed by atoms with Gasteiger partial charge in [0.25, 0.3) is 0 Å². The molecular formula is C27H16N4O4. The van der Waals surface area contributed by atoms with Crippen LogP contribution in [0.5, 0.6) is 11.5 Å². The fourth-order valence-electron chi connectivity index (χ4n) is 3.30. The van der Waals surface area contributed by atoms with Crippen LogP contribution in [-0.2, 0) is 0 Å². The smallest absolute Gasteiger partial charge is 0.205 e. The summed E-state index contributed by atoms with van der Waals surface area (Å²) in [4.78, 5) is 52.4. The molecule has 0 bridgehead atoms. The second-order valence-corrected chi connectivity index (χ2v) is 7.10. The first-order chi connectivity index (χ1) is 17.1. The Morgan fingerprint density at radius 3 is 2.23 bits per heavy atom. The Kier molecular flexibility index (Phi) is 6.90. The highest BCUT2D eigenvalue weighted by molar-refractivity contribution is 6.25.